The zero-order valence-corrected chi connectivity index (χ0v) is 15.0. The number of hydrogen-bond donors (Lipinski definition) is 2. The van der Waals surface area contributed by atoms with E-state index in [2.05, 4.69) is 10.1 Å². The second kappa shape index (κ2) is 6.93. The summed E-state index contributed by atoms with van der Waals surface area (Å²) >= 11 is 1.37. The van der Waals surface area contributed by atoms with E-state index in [-0.39, 0.29) is 31.3 Å². The van der Waals surface area contributed by atoms with Gasteiger partial charge in [0, 0.05) is 24.2 Å². The number of carboxylic acid groups (broad SMARTS) is 1. The summed E-state index contributed by atoms with van der Waals surface area (Å²) in [6.45, 7) is 4.66. The predicted octanol–water partition coefficient (Wildman–Crippen LogP) is 1.10. The zero-order chi connectivity index (χ0) is 18.1. The molecule has 0 aromatic carbocycles. The Morgan fingerprint density at radius 3 is 2.76 bits per heavy atom. The average molecular weight is 364 g/mol. The lowest BCUT2D eigenvalue weighted by Crippen LogP contribution is -2.36. The predicted molar refractivity (Wildman–Crippen MR) is 90.9 cm³/mol. The number of thiazole rings is 1. The van der Waals surface area contributed by atoms with Gasteiger partial charge in [-0.2, -0.15) is 5.10 Å². The molecule has 0 unspecified atom stereocenters. The van der Waals surface area contributed by atoms with Crippen molar-refractivity contribution in [3.8, 4) is 0 Å². The molecule has 2 N–H and O–H groups in total. The Balaban J connectivity index is 1.92. The summed E-state index contributed by atoms with van der Waals surface area (Å²) in [6, 6.07) is 0. The summed E-state index contributed by atoms with van der Waals surface area (Å²) in [7, 11) is 0. The molecular weight excluding hydrogens is 344 g/mol. The molecule has 0 saturated heterocycles. The molecule has 2 aromatic rings. The number of carbonyl (C=O) groups excluding carboxylic acids is 1. The molecule has 0 bridgehead atoms. The number of aliphatic hydroxyl groups excluding tert-OH is 1. The van der Waals surface area contributed by atoms with Crippen LogP contribution in [0.25, 0.3) is 0 Å². The number of aryl methyl sites for hydroxylation is 2. The van der Waals surface area contributed by atoms with Crippen molar-refractivity contribution in [1.82, 2.24) is 19.7 Å². The van der Waals surface area contributed by atoms with Gasteiger partial charge in [0.15, 0.2) is 5.69 Å². The van der Waals surface area contributed by atoms with Crippen molar-refractivity contribution in [2.75, 3.05) is 13.2 Å². The quantitative estimate of drug-likeness (QED) is 0.822. The van der Waals surface area contributed by atoms with E-state index in [1.807, 2.05) is 13.8 Å². The molecule has 0 fully saturated rings. The fourth-order valence-electron chi connectivity index (χ4n) is 3.14. The van der Waals surface area contributed by atoms with Gasteiger partial charge in [-0.25, -0.2) is 9.78 Å². The SMILES string of the molecule is CCc1nc(C)sc1C(=O)N1CCc2c(c(C(=O)O)nn2CCO)C1. The van der Waals surface area contributed by atoms with Gasteiger partial charge in [0.2, 0.25) is 0 Å². The largest absolute Gasteiger partial charge is 0.476 e. The maximum Gasteiger partial charge on any atom is 0.356 e. The minimum atomic E-state index is -1.12. The highest BCUT2D eigenvalue weighted by Gasteiger charge is 2.31. The van der Waals surface area contributed by atoms with Crippen molar-refractivity contribution in [2.24, 2.45) is 0 Å². The number of hydrogen-bond acceptors (Lipinski definition) is 6. The van der Waals surface area contributed by atoms with Crippen LogP contribution < -0.4 is 0 Å². The van der Waals surface area contributed by atoms with Crippen LogP contribution in [0.3, 0.4) is 0 Å². The molecule has 1 aliphatic heterocycles. The number of fused-ring (bicyclic) bond motifs is 1. The van der Waals surface area contributed by atoms with Crippen molar-refractivity contribution in [2.45, 2.75) is 39.8 Å². The molecule has 0 spiro atoms. The monoisotopic (exact) mass is 364 g/mol. The van der Waals surface area contributed by atoms with Crippen LogP contribution in [0.15, 0.2) is 0 Å². The van der Waals surface area contributed by atoms with Crippen LogP contribution in [0.2, 0.25) is 0 Å². The zero-order valence-electron chi connectivity index (χ0n) is 14.2. The van der Waals surface area contributed by atoms with Gasteiger partial charge in [-0.3, -0.25) is 9.48 Å². The number of aromatic carboxylic acids is 1. The molecule has 2 aromatic heterocycles. The molecule has 3 rings (SSSR count). The van der Waals surface area contributed by atoms with Crippen LogP contribution >= 0.6 is 11.3 Å². The van der Waals surface area contributed by atoms with Crippen LogP contribution in [0.4, 0.5) is 0 Å². The summed E-state index contributed by atoms with van der Waals surface area (Å²) in [4.78, 5) is 31.1. The number of aromatic nitrogens is 3. The highest BCUT2D eigenvalue weighted by atomic mass is 32.1. The van der Waals surface area contributed by atoms with E-state index in [9.17, 15) is 14.7 Å². The number of nitrogens with zero attached hydrogens (tertiary/aromatic N) is 4. The first-order valence-electron chi connectivity index (χ1n) is 8.14. The third-order valence-electron chi connectivity index (χ3n) is 4.27. The Morgan fingerprint density at radius 2 is 2.12 bits per heavy atom. The minimum absolute atomic E-state index is 0.0443. The van der Waals surface area contributed by atoms with Crippen molar-refractivity contribution < 1.29 is 19.8 Å². The van der Waals surface area contributed by atoms with E-state index in [0.29, 0.717) is 29.8 Å². The standard InChI is InChI=1S/C16H20N4O4S/c1-3-11-14(25-9(2)17-11)15(22)19-5-4-12-10(8-19)13(16(23)24)18-20(12)6-7-21/h21H,3-8H2,1-2H3,(H,23,24). The van der Waals surface area contributed by atoms with E-state index < -0.39 is 5.97 Å². The first-order chi connectivity index (χ1) is 12.0. The molecular formula is C16H20N4O4S. The minimum Gasteiger partial charge on any atom is -0.476 e. The lowest BCUT2D eigenvalue weighted by atomic mass is 10.0. The van der Waals surface area contributed by atoms with Gasteiger partial charge in [-0.15, -0.1) is 11.3 Å². The molecule has 134 valence electrons. The molecule has 0 radical (unpaired) electrons. The normalized spacial score (nSPS) is 13.8. The smallest absolute Gasteiger partial charge is 0.356 e. The van der Waals surface area contributed by atoms with E-state index in [1.165, 1.54) is 16.0 Å². The number of aliphatic hydroxyl groups is 1. The molecule has 8 nitrogen and oxygen atoms in total. The Morgan fingerprint density at radius 1 is 1.36 bits per heavy atom. The Bertz CT molecular complexity index is 826. The van der Waals surface area contributed by atoms with Gasteiger partial charge in [0.05, 0.1) is 30.4 Å². The van der Waals surface area contributed by atoms with Crippen molar-refractivity contribution >= 4 is 23.2 Å². The molecule has 1 aliphatic rings. The van der Waals surface area contributed by atoms with Gasteiger partial charge in [-0.05, 0) is 13.3 Å². The summed E-state index contributed by atoms with van der Waals surface area (Å²) in [5.74, 6) is -1.23. The van der Waals surface area contributed by atoms with Crippen molar-refractivity contribution in [1.29, 1.82) is 0 Å². The maximum absolute atomic E-state index is 12.9. The van der Waals surface area contributed by atoms with Crippen molar-refractivity contribution in [3.63, 3.8) is 0 Å². The molecule has 25 heavy (non-hydrogen) atoms. The lowest BCUT2D eigenvalue weighted by molar-refractivity contribution is 0.0674. The molecule has 3 heterocycles. The van der Waals surface area contributed by atoms with Gasteiger partial charge in [0.25, 0.3) is 5.91 Å². The number of carboxylic acids is 1. The van der Waals surface area contributed by atoms with Crippen LogP contribution in [0.1, 0.15) is 49.0 Å². The molecule has 1 amide bonds. The third-order valence-corrected chi connectivity index (χ3v) is 5.27. The number of carbonyl (C=O) groups is 2. The molecule has 0 atom stereocenters. The van der Waals surface area contributed by atoms with Gasteiger partial charge >= 0.3 is 5.97 Å². The average Bonchev–Trinajstić information content (AvgIpc) is 3.15. The summed E-state index contributed by atoms with van der Waals surface area (Å²) < 4.78 is 1.54. The fraction of sp³-hybridized carbons (Fsp3) is 0.500. The Hall–Kier alpha value is -2.26. The third kappa shape index (κ3) is 3.16. The second-order valence-electron chi connectivity index (χ2n) is 5.86. The van der Waals surface area contributed by atoms with E-state index in [4.69, 9.17) is 5.11 Å². The second-order valence-corrected chi connectivity index (χ2v) is 7.07. The van der Waals surface area contributed by atoms with Crippen LogP contribution in [0.5, 0.6) is 0 Å². The number of rotatable bonds is 5. The van der Waals surface area contributed by atoms with E-state index >= 15 is 0 Å². The van der Waals surface area contributed by atoms with Crippen LogP contribution in [0, 0.1) is 6.92 Å². The first-order valence-corrected chi connectivity index (χ1v) is 8.96. The Kier molecular flexibility index (Phi) is 4.87. The van der Waals surface area contributed by atoms with Crippen LogP contribution in [-0.4, -0.2) is 54.9 Å². The molecule has 9 heteroatoms. The number of amides is 1. The molecule has 0 saturated carbocycles. The van der Waals surface area contributed by atoms with Gasteiger partial charge in [0.1, 0.15) is 4.88 Å². The van der Waals surface area contributed by atoms with E-state index in [1.54, 1.807) is 4.90 Å². The summed E-state index contributed by atoms with van der Waals surface area (Å²) in [6.07, 6.45) is 1.19. The van der Waals surface area contributed by atoms with E-state index in [0.717, 1.165) is 16.4 Å². The highest BCUT2D eigenvalue weighted by Crippen LogP contribution is 2.27. The van der Waals surface area contributed by atoms with Gasteiger partial charge < -0.3 is 15.1 Å². The maximum atomic E-state index is 12.9. The first kappa shape index (κ1) is 17.6. The highest BCUT2D eigenvalue weighted by molar-refractivity contribution is 7.13. The summed E-state index contributed by atoms with van der Waals surface area (Å²) in [5.41, 5.74) is 2.08. The van der Waals surface area contributed by atoms with Crippen LogP contribution in [-0.2, 0) is 25.9 Å². The summed E-state index contributed by atoms with van der Waals surface area (Å²) in [5, 5.41) is 23.5. The van der Waals surface area contributed by atoms with Gasteiger partial charge in [-0.1, -0.05) is 6.92 Å². The topological polar surface area (TPSA) is 109 Å². The fourth-order valence-corrected chi connectivity index (χ4v) is 4.11. The Labute approximate surface area is 148 Å². The molecule has 0 aliphatic carbocycles. The lowest BCUT2D eigenvalue weighted by Gasteiger charge is -2.27. The van der Waals surface area contributed by atoms with Crippen molar-refractivity contribution in [3.05, 3.63) is 32.5 Å².